The number of carbonyl (C=O) groups excluding carboxylic acids is 1. The Morgan fingerprint density at radius 2 is 2.07 bits per heavy atom. The molecular weight excluding hydrogens is 189 g/mol. The SMILES string of the molecule is N[C@@H](CO)C(=O)Oc1ccc(F)cc1. The number of hydrogen-bond acceptors (Lipinski definition) is 4. The Morgan fingerprint density at radius 3 is 2.57 bits per heavy atom. The molecule has 0 spiro atoms. The van der Waals surface area contributed by atoms with Gasteiger partial charge in [0, 0.05) is 0 Å². The summed E-state index contributed by atoms with van der Waals surface area (Å²) in [5.41, 5.74) is 5.20. The number of ether oxygens (including phenoxy) is 1. The highest BCUT2D eigenvalue weighted by Crippen LogP contribution is 2.11. The van der Waals surface area contributed by atoms with Crippen molar-refractivity contribution in [2.75, 3.05) is 6.61 Å². The van der Waals surface area contributed by atoms with E-state index in [4.69, 9.17) is 15.6 Å². The smallest absolute Gasteiger partial charge is 0.330 e. The van der Waals surface area contributed by atoms with Crippen LogP contribution in [0.5, 0.6) is 5.75 Å². The lowest BCUT2D eigenvalue weighted by molar-refractivity contribution is -0.136. The molecule has 0 fully saturated rings. The van der Waals surface area contributed by atoms with Gasteiger partial charge in [-0.2, -0.15) is 0 Å². The number of carbonyl (C=O) groups is 1. The van der Waals surface area contributed by atoms with Crippen LogP contribution in [0.25, 0.3) is 0 Å². The maximum absolute atomic E-state index is 12.4. The van der Waals surface area contributed by atoms with Crippen LogP contribution in [0, 0.1) is 5.82 Å². The molecule has 0 saturated heterocycles. The van der Waals surface area contributed by atoms with E-state index < -0.39 is 24.4 Å². The van der Waals surface area contributed by atoms with Crippen LogP contribution in [0.15, 0.2) is 24.3 Å². The van der Waals surface area contributed by atoms with E-state index in [2.05, 4.69) is 0 Å². The molecule has 76 valence electrons. The van der Waals surface area contributed by atoms with Crippen LogP contribution in [0.3, 0.4) is 0 Å². The lowest BCUT2D eigenvalue weighted by Crippen LogP contribution is -2.37. The number of rotatable bonds is 3. The molecule has 1 aromatic rings. The summed E-state index contributed by atoms with van der Waals surface area (Å²) in [4.78, 5) is 11.0. The quantitative estimate of drug-likeness (QED) is 0.533. The Morgan fingerprint density at radius 1 is 1.50 bits per heavy atom. The second-order valence-electron chi connectivity index (χ2n) is 2.66. The van der Waals surface area contributed by atoms with Crippen molar-refractivity contribution in [2.24, 2.45) is 5.73 Å². The highest BCUT2D eigenvalue weighted by molar-refractivity contribution is 5.78. The van der Waals surface area contributed by atoms with Gasteiger partial charge in [-0.15, -0.1) is 0 Å². The van der Waals surface area contributed by atoms with E-state index >= 15 is 0 Å². The molecule has 1 aromatic carbocycles. The summed E-state index contributed by atoms with van der Waals surface area (Å²) in [7, 11) is 0. The number of hydrogen-bond donors (Lipinski definition) is 2. The minimum Gasteiger partial charge on any atom is -0.425 e. The molecule has 0 aliphatic carbocycles. The second kappa shape index (κ2) is 4.69. The van der Waals surface area contributed by atoms with Crippen LogP contribution in [0.2, 0.25) is 0 Å². The molecule has 14 heavy (non-hydrogen) atoms. The van der Waals surface area contributed by atoms with Crippen LogP contribution in [0.1, 0.15) is 0 Å². The number of halogens is 1. The molecule has 0 radical (unpaired) electrons. The summed E-state index contributed by atoms with van der Waals surface area (Å²) in [6, 6.07) is 3.86. The molecule has 0 unspecified atom stereocenters. The van der Waals surface area contributed by atoms with E-state index in [0.29, 0.717) is 0 Å². The second-order valence-corrected chi connectivity index (χ2v) is 2.66. The third kappa shape index (κ3) is 2.79. The van der Waals surface area contributed by atoms with Gasteiger partial charge in [0.15, 0.2) is 0 Å². The van der Waals surface area contributed by atoms with Gasteiger partial charge in [-0.1, -0.05) is 0 Å². The first-order chi connectivity index (χ1) is 6.63. The van der Waals surface area contributed by atoms with Gasteiger partial charge >= 0.3 is 5.97 Å². The first-order valence-electron chi connectivity index (χ1n) is 3.97. The zero-order chi connectivity index (χ0) is 10.6. The van der Waals surface area contributed by atoms with E-state index in [-0.39, 0.29) is 5.75 Å². The van der Waals surface area contributed by atoms with E-state index in [1.807, 2.05) is 0 Å². The van der Waals surface area contributed by atoms with Gasteiger partial charge in [-0.05, 0) is 24.3 Å². The molecule has 0 aliphatic rings. The minimum absolute atomic E-state index is 0.195. The van der Waals surface area contributed by atoms with Gasteiger partial charge in [0.2, 0.25) is 0 Å². The lowest BCUT2D eigenvalue weighted by atomic mass is 10.3. The summed E-state index contributed by atoms with van der Waals surface area (Å²) in [5.74, 6) is -0.976. The maximum atomic E-state index is 12.4. The first-order valence-corrected chi connectivity index (χ1v) is 3.97. The van der Waals surface area contributed by atoms with Crippen molar-refractivity contribution in [3.8, 4) is 5.75 Å². The van der Waals surface area contributed by atoms with Crippen LogP contribution in [0.4, 0.5) is 4.39 Å². The lowest BCUT2D eigenvalue weighted by Gasteiger charge is -2.07. The summed E-state index contributed by atoms with van der Waals surface area (Å²) in [5, 5.41) is 8.54. The molecule has 0 aromatic heterocycles. The van der Waals surface area contributed by atoms with Crippen molar-refractivity contribution >= 4 is 5.97 Å². The average Bonchev–Trinajstić information content (AvgIpc) is 2.20. The molecule has 0 heterocycles. The van der Waals surface area contributed by atoms with Crippen LogP contribution in [-0.4, -0.2) is 23.7 Å². The van der Waals surface area contributed by atoms with E-state index in [9.17, 15) is 9.18 Å². The van der Waals surface area contributed by atoms with Crippen LogP contribution in [-0.2, 0) is 4.79 Å². The van der Waals surface area contributed by atoms with E-state index in [1.54, 1.807) is 0 Å². The largest absolute Gasteiger partial charge is 0.425 e. The first kappa shape index (κ1) is 10.6. The highest BCUT2D eigenvalue weighted by atomic mass is 19.1. The Hall–Kier alpha value is -1.46. The van der Waals surface area contributed by atoms with Crippen LogP contribution >= 0.6 is 0 Å². The molecular formula is C9H10FNO3. The zero-order valence-corrected chi connectivity index (χ0v) is 7.31. The predicted octanol–water partition coefficient (Wildman–Crippen LogP) is 0.0507. The number of aliphatic hydroxyl groups is 1. The molecule has 3 N–H and O–H groups in total. The molecule has 0 bridgehead atoms. The van der Waals surface area contributed by atoms with Crippen molar-refractivity contribution < 1.29 is 19.0 Å². The average molecular weight is 199 g/mol. The summed E-state index contributed by atoms with van der Waals surface area (Å²) in [6.45, 7) is -0.486. The van der Waals surface area contributed by atoms with Gasteiger partial charge in [0.05, 0.1) is 6.61 Å². The molecule has 1 atom stereocenters. The van der Waals surface area contributed by atoms with Gasteiger partial charge in [0.1, 0.15) is 17.6 Å². The standard InChI is InChI=1S/C9H10FNO3/c10-6-1-3-7(4-2-6)14-9(13)8(11)5-12/h1-4,8,12H,5,11H2/t8-/m0/s1. The third-order valence-corrected chi connectivity index (χ3v) is 1.53. The minimum atomic E-state index is -1.07. The van der Waals surface area contributed by atoms with Crippen molar-refractivity contribution in [1.29, 1.82) is 0 Å². The number of nitrogens with two attached hydrogens (primary N) is 1. The number of benzene rings is 1. The van der Waals surface area contributed by atoms with Crippen molar-refractivity contribution in [2.45, 2.75) is 6.04 Å². The van der Waals surface area contributed by atoms with Gasteiger partial charge < -0.3 is 15.6 Å². The van der Waals surface area contributed by atoms with Crippen molar-refractivity contribution in [3.05, 3.63) is 30.1 Å². The monoisotopic (exact) mass is 199 g/mol. The fraction of sp³-hybridized carbons (Fsp3) is 0.222. The number of esters is 1. The summed E-state index contributed by atoms with van der Waals surface area (Å²) >= 11 is 0. The Balaban J connectivity index is 2.60. The normalized spacial score (nSPS) is 12.2. The molecule has 0 saturated carbocycles. The van der Waals surface area contributed by atoms with Crippen molar-refractivity contribution in [1.82, 2.24) is 0 Å². The molecule has 5 heteroatoms. The van der Waals surface area contributed by atoms with E-state index in [1.165, 1.54) is 12.1 Å². The van der Waals surface area contributed by atoms with Gasteiger partial charge in [0.25, 0.3) is 0 Å². The molecule has 4 nitrogen and oxygen atoms in total. The fourth-order valence-electron chi connectivity index (χ4n) is 0.769. The van der Waals surface area contributed by atoms with Gasteiger partial charge in [-0.25, -0.2) is 9.18 Å². The van der Waals surface area contributed by atoms with Crippen molar-refractivity contribution in [3.63, 3.8) is 0 Å². The van der Waals surface area contributed by atoms with E-state index in [0.717, 1.165) is 12.1 Å². The zero-order valence-electron chi connectivity index (χ0n) is 7.31. The number of aliphatic hydroxyl groups excluding tert-OH is 1. The Labute approximate surface area is 80.1 Å². The predicted molar refractivity (Wildman–Crippen MR) is 47.1 cm³/mol. The molecule has 0 amide bonds. The summed E-state index contributed by atoms with van der Waals surface area (Å²) < 4.78 is 17.2. The third-order valence-electron chi connectivity index (χ3n) is 1.53. The Kier molecular flexibility index (Phi) is 3.55. The summed E-state index contributed by atoms with van der Waals surface area (Å²) in [6.07, 6.45) is 0. The maximum Gasteiger partial charge on any atom is 0.330 e. The van der Waals surface area contributed by atoms with Crippen LogP contribution < -0.4 is 10.5 Å². The fourth-order valence-corrected chi connectivity index (χ4v) is 0.769. The topological polar surface area (TPSA) is 72.5 Å². The molecule has 1 rings (SSSR count). The highest BCUT2D eigenvalue weighted by Gasteiger charge is 2.14. The van der Waals surface area contributed by atoms with Gasteiger partial charge in [-0.3, -0.25) is 0 Å². The Bertz CT molecular complexity index is 312. The molecule has 0 aliphatic heterocycles.